The molecule has 0 saturated heterocycles. The number of carboxylic acids is 1. The Labute approximate surface area is 118 Å². The number of hydrogen-bond donors (Lipinski definition) is 3. The highest BCUT2D eigenvalue weighted by molar-refractivity contribution is 5.85. The lowest BCUT2D eigenvalue weighted by Crippen LogP contribution is -2.43. The molecule has 0 heterocycles. The van der Waals surface area contributed by atoms with Crippen molar-refractivity contribution in [1.82, 2.24) is 5.32 Å². The number of aliphatic carboxylic acids is 1. The van der Waals surface area contributed by atoms with Gasteiger partial charge >= 0.3 is 5.97 Å². The number of rotatable bonds is 4. The molecule has 2 aliphatic carbocycles. The molecule has 2 saturated carbocycles. The number of carbonyl (C=O) groups is 3. The van der Waals surface area contributed by atoms with Crippen LogP contribution in [0.1, 0.15) is 44.9 Å². The van der Waals surface area contributed by atoms with Gasteiger partial charge in [-0.2, -0.15) is 0 Å². The molecule has 6 nitrogen and oxygen atoms in total. The van der Waals surface area contributed by atoms with Gasteiger partial charge in [0, 0.05) is 12.0 Å². The maximum absolute atomic E-state index is 12.2. The van der Waals surface area contributed by atoms with E-state index in [0.29, 0.717) is 25.7 Å². The first-order chi connectivity index (χ1) is 9.49. The van der Waals surface area contributed by atoms with E-state index in [1.165, 1.54) is 0 Å². The molecular formula is C14H22N2O4. The van der Waals surface area contributed by atoms with Crippen LogP contribution in [0.5, 0.6) is 0 Å². The largest absolute Gasteiger partial charge is 0.481 e. The van der Waals surface area contributed by atoms with Gasteiger partial charge in [0.15, 0.2) is 0 Å². The van der Waals surface area contributed by atoms with Gasteiger partial charge in [-0.15, -0.1) is 0 Å². The first-order valence-corrected chi connectivity index (χ1v) is 7.31. The Bertz CT molecular complexity index is 402. The Morgan fingerprint density at radius 2 is 1.55 bits per heavy atom. The standard InChI is InChI=1S/C14H22N2O4/c15-12(17)8-4-6-9(7-5-8)16-13(18)10-2-1-3-11(10)14(19)20/h8-11H,1-7H2,(H2,15,17)(H,16,18)(H,19,20)/t8?,9?,10-,11+/m1/s1. The van der Waals surface area contributed by atoms with E-state index in [9.17, 15) is 14.4 Å². The van der Waals surface area contributed by atoms with E-state index in [2.05, 4.69) is 5.32 Å². The molecule has 0 aromatic heterocycles. The van der Waals surface area contributed by atoms with E-state index in [-0.39, 0.29) is 23.8 Å². The molecule has 0 radical (unpaired) electrons. The van der Waals surface area contributed by atoms with Gasteiger partial charge in [0.25, 0.3) is 0 Å². The van der Waals surface area contributed by atoms with E-state index in [4.69, 9.17) is 10.8 Å². The highest BCUT2D eigenvalue weighted by atomic mass is 16.4. The molecule has 2 amide bonds. The van der Waals surface area contributed by atoms with Gasteiger partial charge in [-0.05, 0) is 38.5 Å². The average Bonchev–Trinajstić information content (AvgIpc) is 2.88. The zero-order valence-electron chi connectivity index (χ0n) is 11.5. The predicted molar refractivity (Wildman–Crippen MR) is 71.5 cm³/mol. The van der Waals surface area contributed by atoms with Gasteiger partial charge in [-0.3, -0.25) is 14.4 Å². The van der Waals surface area contributed by atoms with Crippen molar-refractivity contribution < 1.29 is 19.5 Å². The maximum Gasteiger partial charge on any atom is 0.307 e. The maximum atomic E-state index is 12.2. The Morgan fingerprint density at radius 3 is 2.10 bits per heavy atom. The molecule has 0 aromatic carbocycles. The minimum Gasteiger partial charge on any atom is -0.481 e. The van der Waals surface area contributed by atoms with Crippen molar-refractivity contribution >= 4 is 17.8 Å². The highest BCUT2D eigenvalue weighted by Crippen LogP contribution is 2.33. The van der Waals surface area contributed by atoms with Crippen molar-refractivity contribution in [3.63, 3.8) is 0 Å². The normalized spacial score (nSPS) is 33.6. The fraction of sp³-hybridized carbons (Fsp3) is 0.786. The number of carbonyl (C=O) groups excluding carboxylic acids is 2. The van der Waals surface area contributed by atoms with E-state index in [1.54, 1.807) is 0 Å². The molecule has 0 bridgehead atoms. The summed E-state index contributed by atoms with van der Waals surface area (Å²) in [6.07, 6.45) is 4.92. The number of primary amides is 1. The summed E-state index contributed by atoms with van der Waals surface area (Å²) in [5, 5.41) is 12.1. The van der Waals surface area contributed by atoms with Crippen LogP contribution in [0.2, 0.25) is 0 Å². The Balaban J connectivity index is 1.83. The molecular weight excluding hydrogens is 260 g/mol. The lowest BCUT2D eigenvalue weighted by Gasteiger charge is -2.28. The molecule has 20 heavy (non-hydrogen) atoms. The van der Waals surface area contributed by atoms with Crippen LogP contribution in [-0.2, 0) is 14.4 Å². The van der Waals surface area contributed by atoms with Crippen molar-refractivity contribution in [2.45, 2.75) is 51.0 Å². The van der Waals surface area contributed by atoms with Gasteiger partial charge in [0.2, 0.25) is 11.8 Å². The summed E-state index contributed by atoms with van der Waals surface area (Å²) < 4.78 is 0. The first kappa shape index (κ1) is 14.8. The fourth-order valence-corrected chi connectivity index (χ4v) is 3.40. The number of amides is 2. The zero-order valence-corrected chi connectivity index (χ0v) is 11.5. The van der Waals surface area contributed by atoms with E-state index >= 15 is 0 Å². The summed E-state index contributed by atoms with van der Waals surface area (Å²) >= 11 is 0. The van der Waals surface area contributed by atoms with Gasteiger partial charge in [0.05, 0.1) is 11.8 Å². The van der Waals surface area contributed by atoms with Crippen molar-refractivity contribution in [1.29, 1.82) is 0 Å². The average molecular weight is 282 g/mol. The Morgan fingerprint density at radius 1 is 0.950 bits per heavy atom. The van der Waals surface area contributed by atoms with Crippen molar-refractivity contribution in [2.24, 2.45) is 23.5 Å². The van der Waals surface area contributed by atoms with Crippen molar-refractivity contribution in [3.8, 4) is 0 Å². The van der Waals surface area contributed by atoms with Gasteiger partial charge < -0.3 is 16.2 Å². The molecule has 4 N–H and O–H groups in total. The topological polar surface area (TPSA) is 109 Å². The summed E-state index contributed by atoms with van der Waals surface area (Å²) in [4.78, 5) is 34.4. The Hall–Kier alpha value is -1.59. The van der Waals surface area contributed by atoms with Crippen molar-refractivity contribution in [3.05, 3.63) is 0 Å². The van der Waals surface area contributed by atoms with Crippen LogP contribution < -0.4 is 11.1 Å². The van der Waals surface area contributed by atoms with Crippen LogP contribution in [0.4, 0.5) is 0 Å². The molecule has 0 aliphatic heterocycles. The predicted octanol–water partition coefficient (Wildman–Crippen LogP) is 0.648. The summed E-state index contributed by atoms with van der Waals surface area (Å²) in [5.74, 6) is -2.31. The third-order valence-electron chi connectivity index (χ3n) is 4.65. The molecule has 2 atom stereocenters. The number of hydrogen-bond acceptors (Lipinski definition) is 3. The van der Waals surface area contributed by atoms with Gasteiger partial charge in [0.1, 0.15) is 0 Å². The molecule has 2 fully saturated rings. The van der Waals surface area contributed by atoms with E-state index < -0.39 is 17.8 Å². The van der Waals surface area contributed by atoms with Crippen LogP contribution in [0.3, 0.4) is 0 Å². The second kappa shape index (κ2) is 6.24. The van der Waals surface area contributed by atoms with Crippen molar-refractivity contribution in [2.75, 3.05) is 0 Å². The monoisotopic (exact) mass is 282 g/mol. The number of carboxylic acid groups (broad SMARTS) is 1. The Kier molecular flexibility index (Phi) is 4.62. The second-order valence-electron chi connectivity index (χ2n) is 5.94. The molecule has 112 valence electrons. The summed E-state index contributed by atoms with van der Waals surface area (Å²) in [5.41, 5.74) is 5.27. The molecule has 0 unspecified atom stereocenters. The number of nitrogens with two attached hydrogens (primary N) is 1. The van der Waals surface area contributed by atoms with Crippen LogP contribution in [0, 0.1) is 17.8 Å². The summed E-state index contributed by atoms with van der Waals surface area (Å²) in [7, 11) is 0. The smallest absolute Gasteiger partial charge is 0.307 e. The lowest BCUT2D eigenvalue weighted by atomic mass is 9.85. The first-order valence-electron chi connectivity index (χ1n) is 7.31. The van der Waals surface area contributed by atoms with Crippen LogP contribution in [-0.4, -0.2) is 28.9 Å². The van der Waals surface area contributed by atoms with E-state index in [0.717, 1.165) is 19.3 Å². The van der Waals surface area contributed by atoms with E-state index in [1.807, 2.05) is 0 Å². The van der Waals surface area contributed by atoms with Crippen LogP contribution >= 0.6 is 0 Å². The van der Waals surface area contributed by atoms with Crippen LogP contribution in [0.15, 0.2) is 0 Å². The minimum absolute atomic E-state index is 0.0492. The van der Waals surface area contributed by atoms with Gasteiger partial charge in [-0.25, -0.2) is 0 Å². The second-order valence-corrected chi connectivity index (χ2v) is 5.94. The fourth-order valence-electron chi connectivity index (χ4n) is 3.40. The number of nitrogens with one attached hydrogen (secondary N) is 1. The third kappa shape index (κ3) is 3.29. The van der Waals surface area contributed by atoms with Crippen LogP contribution in [0.25, 0.3) is 0 Å². The third-order valence-corrected chi connectivity index (χ3v) is 4.65. The molecule has 6 heteroatoms. The SMILES string of the molecule is NC(=O)C1CCC(NC(=O)[C@@H]2CCC[C@@H]2C(=O)O)CC1. The zero-order chi connectivity index (χ0) is 14.7. The molecule has 0 aromatic rings. The minimum atomic E-state index is -0.875. The summed E-state index contributed by atoms with van der Waals surface area (Å²) in [6, 6.07) is 0.0492. The quantitative estimate of drug-likeness (QED) is 0.703. The highest BCUT2D eigenvalue weighted by Gasteiger charge is 2.38. The lowest BCUT2D eigenvalue weighted by molar-refractivity contribution is -0.146. The molecule has 2 rings (SSSR count). The summed E-state index contributed by atoms with van der Waals surface area (Å²) in [6.45, 7) is 0. The van der Waals surface area contributed by atoms with Gasteiger partial charge in [-0.1, -0.05) is 6.42 Å². The molecule has 0 spiro atoms. The molecule has 2 aliphatic rings.